The van der Waals surface area contributed by atoms with Crippen molar-refractivity contribution >= 4 is 11.9 Å². The Labute approximate surface area is 129 Å². The largest absolute Gasteiger partial charge is 0.357 e. The molecule has 0 radical (unpaired) electrons. The summed E-state index contributed by atoms with van der Waals surface area (Å²) in [4.78, 5) is 20.6. The number of hydrogen-bond acceptors (Lipinski definition) is 4. The highest BCUT2D eigenvalue weighted by Crippen LogP contribution is 2.20. The molecule has 0 saturated heterocycles. The first-order valence-electron chi connectivity index (χ1n) is 7.13. The molecule has 0 saturated carbocycles. The molecular formula is C16H19FN4O. The van der Waals surface area contributed by atoms with Gasteiger partial charge in [0.25, 0.3) is 5.91 Å². The van der Waals surface area contributed by atoms with E-state index in [0.29, 0.717) is 23.6 Å². The molecule has 0 spiro atoms. The smallest absolute Gasteiger partial charge is 0.270 e. The minimum atomic E-state index is -0.401. The molecule has 1 heterocycles. The highest BCUT2D eigenvalue weighted by Gasteiger charge is 2.18. The summed E-state index contributed by atoms with van der Waals surface area (Å²) in [6.45, 7) is 3.68. The average molecular weight is 302 g/mol. The molecular weight excluding hydrogens is 283 g/mol. The van der Waals surface area contributed by atoms with Crippen LogP contribution in [0.3, 0.4) is 0 Å². The minimum absolute atomic E-state index is 0.256. The maximum Gasteiger partial charge on any atom is 0.270 e. The Balaban J connectivity index is 2.23. The molecule has 0 aliphatic rings. The lowest BCUT2D eigenvalue weighted by Crippen LogP contribution is -2.29. The number of rotatable bonds is 5. The van der Waals surface area contributed by atoms with Gasteiger partial charge < -0.3 is 10.6 Å². The standard InChI is InChI=1S/C16H19FN4O/c1-4-13(11-7-5-6-8-12(11)17)20-15(22)14-9-10(2)19-16(18-3)21-14/h5-9,13H,4H2,1-3H3,(H,20,22)(H,18,19,21)/t13-/m0/s1. The Morgan fingerprint density at radius 1 is 1.32 bits per heavy atom. The summed E-state index contributed by atoms with van der Waals surface area (Å²) in [5, 5.41) is 5.63. The van der Waals surface area contributed by atoms with E-state index in [1.54, 1.807) is 38.2 Å². The molecule has 1 amide bonds. The SMILES string of the molecule is CC[C@H](NC(=O)c1cc(C)nc(NC)n1)c1ccccc1F. The van der Waals surface area contributed by atoms with Crippen molar-refractivity contribution in [3.8, 4) is 0 Å². The number of halogens is 1. The molecule has 0 bridgehead atoms. The number of anilines is 1. The van der Waals surface area contributed by atoms with Crippen molar-refractivity contribution in [2.75, 3.05) is 12.4 Å². The van der Waals surface area contributed by atoms with Crippen LogP contribution >= 0.6 is 0 Å². The number of carbonyl (C=O) groups excluding carboxylic acids is 1. The Bertz CT molecular complexity index is 675. The van der Waals surface area contributed by atoms with Gasteiger partial charge in [-0.05, 0) is 25.5 Å². The summed E-state index contributed by atoms with van der Waals surface area (Å²) in [6.07, 6.45) is 0.579. The summed E-state index contributed by atoms with van der Waals surface area (Å²) >= 11 is 0. The van der Waals surface area contributed by atoms with Crippen LogP contribution in [-0.2, 0) is 0 Å². The zero-order valence-corrected chi connectivity index (χ0v) is 12.9. The molecule has 0 fully saturated rings. The monoisotopic (exact) mass is 302 g/mol. The van der Waals surface area contributed by atoms with Crippen LogP contribution in [-0.4, -0.2) is 22.9 Å². The maximum absolute atomic E-state index is 13.9. The fourth-order valence-corrected chi connectivity index (χ4v) is 2.19. The highest BCUT2D eigenvalue weighted by atomic mass is 19.1. The van der Waals surface area contributed by atoms with E-state index in [2.05, 4.69) is 20.6 Å². The van der Waals surface area contributed by atoms with Crippen molar-refractivity contribution in [3.05, 3.63) is 53.1 Å². The molecule has 1 aromatic heterocycles. The van der Waals surface area contributed by atoms with E-state index in [0.717, 1.165) is 0 Å². The van der Waals surface area contributed by atoms with Crippen LogP contribution in [0.4, 0.5) is 10.3 Å². The molecule has 6 heteroatoms. The number of aryl methyl sites for hydroxylation is 1. The van der Waals surface area contributed by atoms with Gasteiger partial charge in [0, 0.05) is 18.3 Å². The molecule has 22 heavy (non-hydrogen) atoms. The van der Waals surface area contributed by atoms with E-state index in [-0.39, 0.29) is 17.4 Å². The second-order valence-electron chi connectivity index (χ2n) is 4.92. The topological polar surface area (TPSA) is 66.9 Å². The second kappa shape index (κ2) is 6.98. The van der Waals surface area contributed by atoms with Crippen LogP contribution in [0.2, 0.25) is 0 Å². The van der Waals surface area contributed by atoms with Crippen LogP contribution < -0.4 is 10.6 Å². The molecule has 2 N–H and O–H groups in total. The minimum Gasteiger partial charge on any atom is -0.357 e. The number of hydrogen-bond donors (Lipinski definition) is 2. The van der Waals surface area contributed by atoms with Crippen LogP contribution in [0.5, 0.6) is 0 Å². The lowest BCUT2D eigenvalue weighted by molar-refractivity contribution is 0.0929. The zero-order valence-electron chi connectivity index (χ0n) is 12.9. The number of nitrogens with zero attached hydrogens (tertiary/aromatic N) is 2. The zero-order chi connectivity index (χ0) is 16.1. The predicted molar refractivity (Wildman–Crippen MR) is 83.2 cm³/mol. The summed E-state index contributed by atoms with van der Waals surface area (Å²) in [7, 11) is 1.69. The van der Waals surface area contributed by atoms with Crippen molar-refractivity contribution in [1.29, 1.82) is 0 Å². The Kier molecular flexibility index (Phi) is 5.04. The predicted octanol–water partition coefficient (Wildman–Crippen LogP) is 2.85. The molecule has 1 aromatic carbocycles. The third kappa shape index (κ3) is 3.58. The second-order valence-corrected chi connectivity index (χ2v) is 4.92. The van der Waals surface area contributed by atoms with E-state index >= 15 is 0 Å². The number of benzene rings is 1. The number of aromatic nitrogens is 2. The molecule has 0 aliphatic heterocycles. The van der Waals surface area contributed by atoms with Crippen molar-refractivity contribution in [2.45, 2.75) is 26.3 Å². The molecule has 1 atom stereocenters. The van der Waals surface area contributed by atoms with Crippen LogP contribution in [0.25, 0.3) is 0 Å². The Morgan fingerprint density at radius 2 is 2.05 bits per heavy atom. The first-order chi connectivity index (χ1) is 10.5. The van der Waals surface area contributed by atoms with Crippen LogP contribution in [0.1, 0.15) is 41.1 Å². The van der Waals surface area contributed by atoms with Gasteiger partial charge in [0.2, 0.25) is 5.95 Å². The molecule has 2 aromatic rings. The third-order valence-corrected chi connectivity index (χ3v) is 3.30. The maximum atomic E-state index is 13.9. The molecule has 116 valence electrons. The van der Waals surface area contributed by atoms with Crippen molar-refractivity contribution in [3.63, 3.8) is 0 Å². The van der Waals surface area contributed by atoms with Crippen molar-refractivity contribution < 1.29 is 9.18 Å². The highest BCUT2D eigenvalue weighted by molar-refractivity contribution is 5.92. The first-order valence-corrected chi connectivity index (χ1v) is 7.13. The quantitative estimate of drug-likeness (QED) is 0.891. The summed E-state index contributed by atoms with van der Waals surface area (Å²) in [6, 6.07) is 7.64. The van der Waals surface area contributed by atoms with Crippen LogP contribution in [0.15, 0.2) is 30.3 Å². The van der Waals surface area contributed by atoms with Gasteiger partial charge in [-0.3, -0.25) is 4.79 Å². The van der Waals surface area contributed by atoms with E-state index < -0.39 is 6.04 Å². The van der Waals surface area contributed by atoms with Gasteiger partial charge >= 0.3 is 0 Å². The van der Waals surface area contributed by atoms with Gasteiger partial charge in [-0.25, -0.2) is 14.4 Å². The fourth-order valence-electron chi connectivity index (χ4n) is 2.19. The Hall–Kier alpha value is -2.50. The molecule has 2 rings (SSSR count). The van der Waals surface area contributed by atoms with E-state index in [1.807, 2.05) is 6.92 Å². The van der Waals surface area contributed by atoms with Gasteiger partial charge in [-0.2, -0.15) is 0 Å². The lowest BCUT2D eigenvalue weighted by atomic mass is 10.0. The van der Waals surface area contributed by atoms with Gasteiger partial charge in [-0.15, -0.1) is 0 Å². The number of carbonyl (C=O) groups is 1. The number of amides is 1. The van der Waals surface area contributed by atoms with Crippen LogP contribution in [0, 0.1) is 12.7 Å². The van der Waals surface area contributed by atoms with Gasteiger partial charge in [0.1, 0.15) is 11.5 Å². The first kappa shape index (κ1) is 15.9. The summed E-state index contributed by atoms with van der Waals surface area (Å²) in [5.41, 5.74) is 1.41. The van der Waals surface area contributed by atoms with E-state index in [9.17, 15) is 9.18 Å². The third-order valence-electron chi connectivity index (χ3n) is 3.30. The molecule has 0 aliphatic carbocycles. The Morgan fingerprint density at radius 3 is 2.68 bits per heavy atom. The van der Waals surface area contributed by atoms with E-state index in [1.165, 1.54) is 6.07 Å². The van der Waals surface area contributed by atoms with E-state index in [4.69, 9.17) is 0 Å². The van der Waals surface area contributed by atoms with Crippen molar-refractivity contribution in [2.24, 2.45) is 0 Å². The van der Waals surface area contributed by atoms with Gasteiger partial charge in [-0.1, -0.05) is 25.1 Å². The number of nitrogens with one attached hydrogen (secondary N) is 2. The fraction of sp³-hybridized carbons (Fsp3) is 0.312. The summed E-state index contributed by atoms with van der Waals surface area (Å²) < 4.78 is 13.9. The summed E-state index contributed by atoms with van der Waals surface area (Å²) in [5.74, 6) is -0.300. The molecule has 5 nitrogen and oxygen atoms in total. The van der Waals surface area contributed by atoms with Gasteiger partial charge in [0.05, 0.1) is 6.04 Å². The molecule has 0 unspecified atom stereocenters. The van der Waals surface area contributed by atoms with Gasteiger partial charge in [0.15, 0.2) is 0 Å². The normalized spacial score (nSPS) is 11.8. The average Bonchev–Trinajstić information content (AvgIpc) is 2.52. The van der Waals surface area contributed by atoms with Crippen molar-refractivity contribution in [1.82, 2.24) is 15.3 Å². The lowest BCUT2D eigenvalue weighted by Gasteiger charge is -2.18.